The highest BCUT2D eigenvalue weighted by molar-refractivity contribution is 6.08. The molecule has 4 rings (SSSR count). The molecular weight excluding hydrogens is 367 g/mol. The van der Waals surface area contributed by atoms with Crippen LogP contribution in [-0.2, 0) is 0 Å². The summed E-state index contributed by atoms with van der Waals surface area (Å²) in [6.45, 7) is 0. The molecule has 1 aromatic carbocycles. The fraction of sp³-hybridized carbons (Fsp3) is 0.278. The molecule has 3 aromatic rings. The maximum absolute atomic E-state index is 14.8. The number of aromatic nitrogens is 4. The fourth-order valence-electron chi connectivity index (χ4n) is 2.87. The van der Waals surface area contributed by atoms with Crippen LogP contribution in [0, 0.1) is 5.82 Å². The number of anilines is 1. The number of nitrogens with two attached hydrogens (primary N) is 1. The van der Waals surface area contributed by atoms with Crippen molar-refractivity contribution in [2.75, 3.05) is 20.0 Å². The molecule has 0 bridgehead atoms. The molecular formula is C18H17FN6O3. The van der Waals surface area contributed by atoms with Crippen LogP contribution >= 0.6 is 0 Å². The van der Waals surface area contributed by atoms with Gasteiger partial charge in [0, 0.05) is 17.5 Å². The second kappa shape index (κ2) is 6.87. The lowest BCUT2D eigenvalue weighted by Crippen LogP contribution is -2.27. The molecule has 0 saturated heterocycles. The SMILES string of the molecule is COc1cc(-c2c(F)ccc3c(N)c(C(=O)NC4CC4)nnc23)c(OC)nn1. The number of methoxy groups -OCH3 is 2. The third-order valence-corrected chi connectivity index (χ3v) is 4.46. The monoisotopic (exact) mass is 384 g/mol. The van der Waals surface area contributed by atoms with Crippen LogP contribution in [0.2, 0.25) is 0 Å². The second-order valence-electron chi connectivity index (χ2n) is 6.34. The molecule has 0 unspecified atom stereocenters. The summed E-state index contributed by atoms with van der Waals surface area (Å²) < 4.78 is 25.1. The first kappa shape index (κ1) is 17.8. The largest absolute Gasteiger partial charge is 0.480 e. The summed E-state index contributed by atoms with van der Waals surface area (Å²) in [5.74, 6) is -0.716. The Balaban J connectivity index is 1.91. The summed E-state index contributed by atoms with van der Waals surface area (Å²) in [7, 11) is 2.81. The first-order chi connectivity index (χ1) is 13.5. The molecule has 2 heterocycles. The summed E-state index contributed by atoms with van der Waals surface area (Å²) in [5, 5.41) is 19.0. The Morgan fingerprint density at radius 1 is 1.18 bits per heavy atom. The molecule has 3 N–H and O–H groups in total. The number of carbonyl (C=O) groups is 1. The number of ether oxygens (including phenoxy) is 2. The van der Waals surface area contributed by atoms with Crippen LogP contribution in [0.25, 0.3) is 22.0 Å². The molecule has 0 radical (unpaired) electrons. The maximum Gasteiger partial charge on any atom is 0.274 e. The highest BCUT2D eigenvalue weighted by atomic mass is 19.1. The highest BCUT2D eigenvalue weighted by Gasteiger charge is 2.27. The van der Waals surface area contributed by atoms with Crippen molar-refractivity contribution in [1.29, 1.82) is 0 Å². The Bertz CT molecular complexity index is 1090. The summed E-state index contributed by atoms with van der Waals surface area (Å²) in [6, 6.07) is 4.33. The van der Waals surface area contributed by atoms with Crippen LogP contribution in [0.4, 0.5) is 10.1 Å². The third kappa shape index (κ3) is 3.02. The van der Waals surface area contributed by atoms with Gasteiger partial charge in [-0.3, -0.25) is 4.79 Å². The lowest BCUT2D eigenvalue weighted by atomic mass is 10.0. The van der Waals surface area contributed by atoms with E-state index in [-0.39, 0.29) is 45.8 Å². The summed E-state index contributed by atoms with van der Waals surface area (Å²) in [4.78, 5) is 12.3. The van der Waals surface area contributed by atoms with Crippen molar-refractivity contribution in [2.24, 2.45) is 0 Å². The first-order valence-corrected chi connectivity index (χ1v) is 8.54. The van der Waals surface area contributed by atoms with E-state index in [9.17, 15) is 9.18 Å². The maximum atomic E-state index is 14.8. The van der Waals surface area contributed by atoms with E-state index >= 15 is 0 Å². The van der Waals surface area contributed by atoms with E-state index < -0.39 is 11.7 Å². The molecule has 1 fully saturated rings. The minimum Gasteiger partial charge on any atom is -0.480 e. The van der Waals surface area contributed by atoms with E-state index in [0.717, 1.165) is 12.8 Å². The Hall–Kier alpha value is -3.56. The number of nitrogen functional groups attached to an aromatic ring is 1. The molecule has 28 heavy (non-hydrogen) atoms. The molecule has 1 aliphatic rings. The van der Waals surface area contributed by atoms with Gasteiger partial charge in [0.05, 0.1) is 31.0 Å². The summed E-state index contributed by atoms with van der Waals surface area (Å²) in [6.07, 6.45) is 1.86. The number of rotatable bonds is 5. The number of nitrogens with zero attached hydrogens (tertiary/aromatic N) is 4. The molecule has 10 heteroatoms. The molecule has 144 valence electrons. The minimum absolute atomic E-state index is 0.00866. The molecule has 0 spiro atoms. The predicted octanol–water partition coefficient (Wildman–Crippen LogP) is 1.72. The minimum atomic E-state index is -0.579. The number of fused-ring (bicyclic) bond motifs is 1. The first-order valence-electron chi connectivity index (χ1n) is 8.54. The van der Waals surface area contributed by atoms with Crippen LogP contribution < -0.4 is 20.5 Å². The quantitative estimate of drug-likeness (QED) is 0.681. The number of hydrogen-bond acceptors (Lipinski definition) is 8. The van der Waals surface area contributed by atoms with Gasteiger partial charge in [-0.25, -0.2) is 4.39 Å². The Morgan fingerprint density at radius 3 is 2.64 bits per heavy atom. The zero-order chi connectivity index (χ0) is 19.8. The van der Waals surface area contributed by atoms with Gasteiger partial charge in [-0.2, -0.15) is 0 Å². The lowest BCUT2D eigenvalue weighted by Gasteiger charge is -2.13. The standard InChI is InChI=1S/C18H17FN6O3/c1-27-12-7-10(18(28-2)25-22-12)13-11(19)6-5-9-14(20)16(24-23-15(9)13)17(26)21-8-3-4-8/h5-8H,3-4H2,1-2H3,(H2,20,23)(H,21,26). The van der Waals surface area contributed by atoms with Crippen LogP contribution in [0.5, 0.6) is 11.8 Å². The lowest BCUT2D eigenvalue weighted by molar-refractivity contribution is 0.0946. The van der Waals surface area contributed by atoms with Crippen molar-refractivity contribution in [1.82, 2.24) is 25.7 Å². The molecule has 2 aromatic heterocycles. The average Bonchev–Trinajstić information content (AvgIpc) is 3.51. The van der Waals surface area contributed by atoms with E-state index in [1.807, 2.05) is 0 Å². The van der Waals surface area contributed by atoms with Crippen molar-refractivity contribution in [3.8, 4) is 22.9 Å². The molecule has 1 saturated carbocycles. The number of halogens is 1. The molecule has 0 atom stereocenters. The van der Waals surface area contributed by atoms with E-state index in [2.05, 4.69) is 25.7 Å². The van der Waals surface area contributed by atoms with Crippen molar-refractivity contribution in [3.63, 3.8) is 0 Å². The van der Waals surface area contributed by atoms with Gasteiger partial charge in [-0.1, -0.05) is 0 Å². The molecule has 1 amide bonds. The summed E-state index contributed by atoms with van der Waals surface area (Å²) in [5.41, 5.74) is 6.83. The Labute approximate surface area is 159 Å². The predicted molar refractivity (Wildman–Crippen MR) is 98.5 cm³/mol. The normalized spacial score (nSPS) is 13.4. The van der Waals surface area contributed by atoms with Gasteiger partial charge >= 0.3 is 0 Å². The number of carbonyl (C=O) groups excluding carboxylic acids is 1. The van der Waals surface area contributed by atoms with Gasteiger partial charge in [0.25, 0.3) is 5.91 Å². The Kier molecular flexibility index (Phi) is 4.38. The number of benzene rings is 1. The van der Waals surface area contributed by atoms with Crippen LogP contribution in [-0.4, -0.2) is 46.6 Å². The second-order valence-corrected chi connectivity index (χ2v) is 6.34. The average molecular weight is 384 g/mol. The van der Waals surface area contributed by atoms with Gasteiger partial charge < -0.3 is 20.5 Å². The van der Waals surface area contributed by atoms with Gasteiger partial charge in [0.2, 0.25) is 11.8 Å². The number of nitrogens with one attached hydrogen (secondary N) is 1. The van der Waals surface area contributed by atoms with E-state index in [1.54, 1.807) is 0 Å². The van der Waals surface area contributed by atoms with Crippen molar-refractivity contribution < 1.29 is 18.7 Å². The molecule has 9 nitrogen and oxygen atoms in total. The van der Waals surface area contributed by atoms with Gasteiger partial charge in [0.1, 0.15) is 11.3 Å². The van der Waals surface area contributed by atoms with Crippen LogP contribution in [0.15, 0.2) is 18.2 Å². The van der Waals surface area contributed by atoms with E-state index in [4.69, 9.17) is 15.2 Å². The molecule has 0 aliphatic heterocycles. The van der Waals surface area contributed by atoms with Crippen LogP contribution in [0.1, 0.15) is 23.3 Å². The number of amides is 1. The highest BCUT2D eigenvalue weighted by Crippen LogP contribution is 2.37. The smallest absolute Gasteiger partial charge is 0.274 e. The van der Waals surface area contributed by atoms with E-state index in [0.29, 0.717) is 5.39 Å². The Morgan fingerprint density at radius 2 is 1.96 bits per heavy atom. The van der Waals surface area contributed by atoms with E-state index in [1.165, 1.54) is 32.4 Å². The van der Waals surface area contributed by atoms with Crippen molar-refractivity contribution in [3.05, 3.63) is 29.7 Å². The topological polar surface area (TPSA) is 125 Å². The zero-order valence-corrected chi connectivity index (χ0v) is 15.2. The zero-order valence-electron chi connectivity index (χ0n) is 15.2. The van der Waals surface area contributed by atoms with Crippen molar-refractivity contribution >= 4 is 22.5 Å². The van der Waals surface area contributed by atoms with Crippen LogP contribution in [0.3, 0.4) is 0 Å². The fourth-order valence-corrected chi connectivity index (χ4v) is 2.87. The van der Waals surface area contributed by atoms with Crippen molar-refractivity contribution in [2.45, 2.75) is 18.9 Å². The third-order valence-electron chi connectivity index (χ3n) is 4.46. The van der Waals surface area contributed by atoms with Gasteiger partial charge in [0.15, 0.2) is 5.69 Å². The molecule has 1 aliphatic carbocycles. The van der Waals surface area contributed by atoms with Gasteiger partial charge in [-0.05, 0) is 25.0 Å². The summed E-state index contributed by atoms with van der Waals surface area (Å²) >= 11 is 0. The number of hydrogen-bond donors (Lipinski definition) is 2. The van der Waals surface area contributed by atoms with Gasteiger partial charge in [-0.15, -0.1) is 20.4 Å².